The molecule has 170 valence electrons. The van der Waals surface area contributed by atoms with E-state index in [0.29, 0.717) is 12.2 Å². The van der Waals surface area contributed by atoms with Crippen molar-refractivity contribution in [1.29, 1.82) is 0 Å². The van der Waals surface area contributed by atoms with E-state index < -0.39 is 0 Å². The summed E-state index contributed by atoms with van der Waals surface area (Å²) in [5.41, 5.74) is 3.66. The quantitative estimate of drug-likeness (QED) is 0.313. The fraction of sp³-hybridized carbons (Fsp3) is 0.269. The number of ether oxygens (including phenoxy) is 1. The number of hydrogen-bond acceptors (Lipinski definition) is 7. The van der Waals surface area contributed by atoms with Gasteiger partial charge >= 0.3 is 5.97 Å². The molecular formula is C26H28N4O2S. The normalized spacial score (nSPS) is 11.2. The highest BCUT2D eigenvalue weighted by Crippen LogP contribution is 2.40. The lowest BCUT2D eigenvalue weighted by atomic mass is 10.0. The molecule has 0 radical (unpaired) electrons. The number of rotatable bonds is 9. The molecule has 4 rings (SSSR count). The van der Waals surface area contributed by atoms with E-state index in [0.717, 1.165) is 52.5 Å². The standard InChI is InChI=1S/C26H28N4O2S/c1-4-30(5-2)15-16-32-26(31)20-11-13-21(14-12-20)29-24-23-22(19-9-7-6-8-10-19)18(3)33-25(23)28-17-27-24/h6-14,17H,4-5,15-16H2,1-3H3,(H,27,28,29). The molecule has 0 amide bonds. The van der Waals surface area contributed by atoms with Crippen molar-refractivity contribution < 1.29 is 9.53 Å². The van der Waals surface area contributed by atoms with Crippen molar-refractivity contribution in [1.82, 2.24) is 14.9 Å². The summed E-state index contributed by atoms with van der Waals surface area (Å²) in [4.78, 5) is 25.7. The number of fused-ring (bicyclic) bond motifs is 1. The summed E-state index contributed by atoms with van der Waals surface area (Å²) in [5, 5.41) is 4.41. The number of aryl methyl sites for hydroxylation is 1. The predicted molar refractivity (Wildman–Crippen MR) is 135 cm³/mol. The maximum atomic E-state index is 12.4. The number of anilines is 2. The van der Waals surface area contributed by atoms with Crippen LogP contribution in [0.2, 0.25) is 0 Å². The van der Waals surface area contributed by atoms with Crippen molar-refractivity contribution in [2.45, 2.75) is 20.8 Å². The smallest absolute Gasteiger partial charge is 0.338 e. The molecule has 2 heterocycles. The van der Waals surface area contributed by atoms with Crippen LogP contribution in [0.1, 0.15) is 29.1 Å². The third-order valence-electron chi connectivity index (χ3n) is 5.65. The topological polar surface area (TPSA) is 67.3 Å². The van der Waals surface area contributed by atoms with Gasteiger partial charge in [0.15, 0.2) is 0 Å². The van der Waals surface area contributed by atoms with Crippen molar-refractivity contribution in [3.05, 3.63) is 71.4 Å². The third-order valence-corrected chi connectivity index (χ3v) is 6.66. The molecule has 2 aromatic heterocycles. The Hall–Kier alpha value is -3.29. The van der Waals surface area contributed by atoms with Gasteiger partial charge in [-0.25, -0.2) is 14.8 Å². The second-order valence-corrected chi connectivity index (χ2v) is 8.87. The van der Waals surface area contributed by atoms with Crippen LogP contribution >= 0.6 is 11.3 Å². The number of nitrogens with zero attached hydrogens (tertiary/aromatic N) is 3. The Labute approximate surface area is 198 Å². The summed E-state index contributed by atoms with van der Waals surface area (Å²) >= 11 is 1.66. The summed E-state index contributed by atoms with van der Waals surface area (Å²) in [6.45, 7) is 9.33. The monoisotopic (exact) mass is 460 g/mol. The summed E-state index contributed by atoms with van der Waals surface area (Å²) in [5.74, 6) is 0.440. The zero-order chi connectivity index (χ0) is 23.2. The number of hydrogen-bond donors (Lipinski definition) is 1. The van der Waals surface area contributed by atoms with Gasteiger partial charge in [-0.05, 0) is 49.8 Å². The highest BCUT2D eigenvalue weighted by atomic mass is 32.1. The minimum atomic E-state index is -0.307. The number of likely N-dealkylation sites (N-methyl/N-ethyl adjacent to an activating group) is 1. The minimum absolute atomic E-state index is 0.307. The SMILES string of the molecule is CCN(CC)CCOC(=O)c1ccc(Nc2ncnc3sc(C)c(-c4ccccc4)c23)cc1. The lowest BCUT2D eigenvalue weighted by Crippen LogP contribution is -2.27. The van der Waals surface area contributed by atoms with Crippen LogP contribution in [0.4, 0.5) is 11.5 Å². The van der Waals surface area contributed by atoms with Crippen LogP contribution in [-0.4, -0.2) is 47.1 Å². The molecule has 6 nitrogen and oxygen atoms in total. The number of benzene rings is 2. The van der Waals surface area contributed by atoms with E-state index in [1.54, 1.807) is 29.8 Å². The summed E-state index contributed by atoms with van der Waals surface area (Å²) in [7, 11) is 0. The molecule has 0 bridgehead atoms. The van der Waals surface area contributed by atoms with Crippen LogP contribution in [0.15, 0.2) is 60.9 Å². The largest absolute Gasteiger partial charge is 0.461 e. The van der Waals surface area contributed by atoms with Gasteiger partial charge in [0.05, 0.1) is 10.9 Å². The summed E-state index contributed by atoms with van der Waals surface area (Å²) in [6, 6.07) is 17.6. The van der Waals surface area contributed by atoms with Gasteiger partial charge < -0.3 is 15.0 Å². The number of esters is 1. The number of carbonyl (C=O) groups is 1. The molecule has 2 aromatic carbocycles. The highest BCUT2D eigenvalue weighted by molar-refractivity contribution is 7.19. The van der Waals surface area contributed by atoms with Crippen LogP contribution in [-0.2, 0) is 4.74 Å². The van der Waals surface area contributed by atoms with Gasteiger partial charge in [0, 0.05) is 22.7 Å². The van der Waals surface area contributed by atoms with E-state index in [2.05, 4.69) is 53.1 Å². The Morgan fingerprint density at radius 3 is 2.45 bits per heavy atom. The minimum Gasteiger partial charge on any atom is -0.461 e. The van der Waals surface area contributed by atoms with Crippen LogP contribution in [0, 0.1) is 6.92 Å². The average molecular weight is 461 g/mol. The predicted octanol–water partition coefficient (Wildman–Crippen LogP) is 5.91. The third kappa shape index (κ3) is 5.21. The van der Waals surface area contributed by atoms with Crippen molar-refractivity contribution in [2.24, 2.45) is 0 Å². The van der Waals surface area contributed by atoms with Crippen molar-refractivity contribution >= 4 is 39.0 Å². The molecule has 0 spiro atoms. The second-order valence-electron chi connectivity index (χ2n) is 7.67. The molecule has 0 atom stereocenters. The maximum absolute atomic E-state index is 12.4. The molecule has 4 aromatic rings. The Morgan fingerprint density at radius 1 is 1.03 bits per heavy atom. The van der Waals surface area contributed by atoms with Crippen LogP contribution in [0.25, 0.3) is 21.3 Å². The molecule has 0 saturated carbocycles. The Kier molecular flexibility index (Phi) is 7.32. The first-order valence-corrected chi connectivity index (χ1v) is 12.0. The van der Waals surface area contributed by atoms with Crippen molar-refractivity contribution in [2.75, 3.05) is 31.6 Å². The molecule has 1 N–H and O–H groups in total. The lowest BCUT2D eigenvalue weighted by Gasteiger charge is -2.17. The van der Waals surface area contributed by atoms with Crippen LogP contribution < -0.4 is 5.32 Å². The van der Waals surface area contributed by atoms with E-state index in [-0.39, 0.29) is 5.97 Å². The maximum Gasteiger partial charge on any atom is 0.338 e. The molecule has 0 unspecified atom stereocenters. The number of nitrogens with one attached hydrogen (secondary N) is 1. The molecule has 0 aliphatic carbocycles. The van der Waals surface area contributed by atoms with Crippen molar-refractivity contribution in [3.8, 4) is 11.1 Å². The highest BCUT2D eigenvalue weighted by Gasteiger charge is 2.17. The van der Waals surface area contributed by atoms with Gasteiger partial charge in [0.25, 0.3) is 0 Å². The van der Waals surface area contributed by atoms with Gasteiger partial charge in [0.1, 0.15) is 23.6 Å². The number of thiophene rings is 1. The Balaban J connectivity index is 1.52. The summed E-state index contributed by atoms with van der Waals surface area (Å²) < 4.78 is 5.43. The number of carbonyl (C=O) groups excluding carboxylic acids is 1. The Morgan fingerprint density at radius 2 is 1.76 bits per heavy atom. The molecule has 0 aliphatic rings. The molecule has 7 heteroatoms. The van der Waals surface area contributed by atoms with Gasteiger partial charge in [-0.3, -0.25) is 0 Å². The van der Waals surface area contributed by atoms with Gasteiger partial charge in [-0.15, -0.1) is 11.3 Å². The lowest BCUT2D eigenvalue weighted by molar-refractivity contribution is 0.0466. The number of aromatic nitrogens is 2. The van der Waals surface area contributed by atoms with Gasteiger partial charge in [-0.1, -0.05) is 44.2 Å². The van der Waals surface area contributed by atoms with Crippen molar-refractivity contribution in [3.63, 3.8) is 0 Å². The molecule has 0 saturated heterocycles. The zero-order valence-electron chi connectivity index (χ0n) is 19.2. The van der Waals surface area contributed by atoms with E-state index >= 15 is 0 Å². The summed E-state index contributed by atoms with van der Waals surface area (Å²) in [6.07, 6.45) is 1.58. The fourth-order valence-electron chi connectivity index (χ4n) is 3.81. The van der Waals surface area contributed by atoms with Gasteiger partial charge in [-0.2, -0.15) is 0 Å². The first-order valence-electron chi connectivity index (χ1n) is 11.2. The van der Waals surface area contributed by atoms with E-state index in [9.17, 15) is 4.79 Å². The van der Waals surface area contributed by atoms with Crippen LogP contribution in [0.3, 0.4) is 0 Å². The molecule has 0 aliphatic heterocycles. The first kappa shape index (κ1) is 22.9. The Bertz CT molecular complexity index is 1220. The van der Waals surface area contributed by atoms with E-state index in [1.807, 2.05) is 30.3 Å². The average Bonchev–Trinajstić information content (AvgIpc) is 3.19. The van der Waals surface area contributed by atoms with Gasteiger partial charge in [0.2, 0.25) is 0 Å². The van der Waals surface area contributed by atoms with Crippen LogP contribution in [0.5, 0.6) is 0 Å². The van der Waals surface area contributed by atoms with E-state index in [1.165, 1.54) is 4.88 Å². The fourth-order valence-corrected chi connectivity index (χ4v) is 4.82. The van der Waals surface area contributed by atoms with E-state index in [4.69, 9.17) is 4.74 Å². The molecular weight excluding hydrogens is 432 g/mol. The zero-order valence-corrected chi connectivity index (χ0v) is 20.0. The molecule has 33 heavy (non-hydrogen) atoms. The molecule has 0 fully saturated rings. The second kappa shape index (κ2) is 10.6. The first-order chi connectivity index (χ1) is 16.1.